The van der Waals surface area contributed by atoms with Crippen LogP contribution < -0.4 is 5.43 Å². The molecule has 2 aliphatic rings. The van der Waals surface area contributed by atoms with Crippen molar-refractivity contribution in [3.8, 4) is 0 Å². The van der Waals surface area contributed by atoms with E-state index in [-0.39, 0.29) is 11.8 Å². The molecule has 2 aromatic rings. The average Bonchev–Trinajstić information content (AvgIpc) is 3.14. The first-order valence-corrected chi connectivity index (χ1v) is 10.5. The second-order valence-electron chi connectivity index (χ2n) is 7.68. The van der Waals surface area contributed by atoms with Crippen molar-refractivity contribution in [1.29, 1.82) is 0 Å². The standard InChI is InChI=1S/C22H27N5O3/c1-3-26-10-12-27(13-11-26)22(29)20-15(2)19-17(7-4-8-18(19)30-20)24-25-21(28)16-6-5-9-23-14-16/h5-6,9,14H,3-4,7-8,10-13H2,1-2H3,(H,25,28)/b24-17+. The van der Waals surface area contributed by atoms with E-state index in [0.717, 1.165) is 61.5 Å². The van der Waals surface area contributed by atoms with E-state index >= 15 is 0 Å². The lowest BCUT2D eigenvalue weighted by Crippen LogP contribution is -2.48. The van der Waals surface area contributed by atoms with Crippen LogP contribution in [0.2, 0.25) is 0 Å². The summed E-state index contributed by atoms with van der Waals surface area (Å²) in [7, 11) is 0. The Labute approximate surface area is 175 Å². The van der Waals surface area contributed by atoms with E-state index in [9.17, 15) is 9.59 Å². The predicted octanol–water partition coefficient (Wildman–Crippen LogP) is 2.23. The van der Waals surface area contributed by atoms with E-state index in [0.29, 0.717) is 24.4 Å². The summed E-state index contributed by atoms with van der Waals surface area (Å²) in [6.07, 6.45) is 5.47. The minimum absolute atomic E-state index is 0.0589. The van der Waals surface area contributed by atoms with E-state index in [4.69, 9.17) is 4.42 Å². The fraction of sp³-hybridized carbons (Fsp3) is 0.455. The maximum Gasteiger partial charge on any atom is 0.289 e. The molecule has 0 atom stereocenters. The number of hydrogen-bond acceptors (Lipinski definition) is 6. The number of aromatic nitrogens is 1. The van der Waals surface area contributed by atoms with Gasteiger partial charge in [-0.1, -0.05) is 6.92 Å². The van der Waals surface area contributed by atoms with E-state index in [1.807, 2.05) is 11.8 Å². The van der Waals surface area contributed by atoms with E-state index in [1.165, 1.54) is 6.20 Å². The molecule has 0 spiro atoms. The van der Waals surface area contributed by atoms with Gasteiger partial charge in [0.2, 0.25) is 0 Å². The van der Waals surface area contributed by atoms with Crippen LogP contribution in [0.5, 0.6) is 0 Å². The molecule has 0 radical (unpaired) electrons. The first-order valence-electron chi connectivity index (χ1n) is 10.5. The number of rotatable bonds is 4. The van der Waals surface area contributed by atoms with Gasteiger partial charge in [-0.2, -0.15) is 5.10 Å². The Kier molecular flexibility index (Phi) is 5.94. The van der Waals surface area contributed by atoms with Gasteiger partial charge in [0.1, 0.15) is 5.76 Å². The van der Waals surface area contributed by atoms with Crippen molar-refractivity contribution in [1.82, 2.24) is 20.2 Å². The number of furan rings is 1. The highest BCUT2D eigenvalue weighted by atomic mass is 16.4. The maximum atomic E-state index is 13.1. The van der Waals surface area contributed by atoms with Gasteiger partial charge in [0.15, 0.2) is 5.76 Å². The molecule has 8 heteroatoms. The first-order chi connectivity index (χ1) is 14.6. The van der Waals surface area contributed by atoms with Crippen molar-refractivity contribution < 1.29 is 14.0 Å². The molecule has 4 rings (SSSR count). The van der Waals surface area contributed by atoms with E-state index < -0.39 is 0 Å². The van der Waals surface area contributed by atoms with Crippen LogP contribution >= 0.6 is 0 Å². The molecular weight excluding hydrogens is 382 g/mol. The number of carbonyl (C=O) groups is 2. The average molecular weight is 409 g/mol. The maximum absolute atomic E-state index is 13.1. The van der Waals surface area contributed by atoms with Crippen molar-refractivity contribution in [3.63, 3.8) is 0 Å². The van der Waals surface area contributed by atoms with Crippen LogP contribution in [0.25, 0.3) is 0 Å². The topological polar surface area (TPSA) is 91.0 Å². The van der Waals surface area contributed by atoms with Crippen LogP contribution in [0.1, 0.15) is 57.6 Å². The third kappa shape index (κ3) is 4.00. The van der Waals surface area contributed by atoms with Gasteiger partial charge in [-0.05, 0) is 38.4 Å². The van der Waals surface area contributed by atoms with Crippen molar-refractivity contribution in [2.45, 2.75) is 33.1 Å². The summed E-state index contributed by atoms with van der Waals surface area (Å²) in [4.78, 5) is 33.6. The number of piperazine rings is 1. The highest BCUT2D eigenvalue weighted by molar-refractivity contribution is 6.07. The van der Waals surface area contributed by atoms with E-state index in [2.05, 4.69) is 27.3 Å². The van der Waals surface area contributed by atoms with Crippen molar-refractivity contribution in [2.75, 3.05) is 32.7 Å². The van der Waals surface area contributed by atoms with Crippen molar-refractivity contribution in [3.05, 3.63) is 52.7 Å². The molecule has 0 aromatic carbocycles. The zero-order valence-corrected chi connectivity index (χ0v) is 17.5. The normalized spacial score (nSPS) is 18.3. The summed E-state index contributed by atoms with van der Waals surface area (Å²) >= 11 is 0. The molecule has 158 valence electrons. The monoisotopic (exact) mass is 409 g/mol. The molecular formula is C22H27N5O3. The molecule has 1 aliphatic heterocycles. The Morgan fingerprint density at radius 3 is 2.73 bits per heavy atom. The summed E-state index contributed by atoms with van der Waals surface area (Å²) in [6.45, 7) is 8.22. The zero-order valence-electron chi connectivity index (χ0n) is 17.5. The fourth-order valence-electron chi connectivity index (χ4n) is 4.07. The number of hydrazone groups is 1. The third-order valence-electron chi connectivity index (χ3n) is 5.84. The summed E-state index contributed by atoms with van der Waals surface area (Å²) in [5, 5.41) is 4.37. The molecule has 2 aromatic heterocycles. The van der Waals surface area contributed by atoms with Gasteiger partial charge in [-0.3, -0.25) is 14.6 Å². The number of hydrogen-bond donors (Lipinski definition) is 1. The molecule has 1 N–H and O–H groups in total. The van der Waals surface area contributed by atoms with Crippen LogP contribution in [0, 0.1) is 6.92 Å². The number of amides is 2. The number of nitrogens with zero attached hydrogens (tertiary/aromatic N) is 4. The van der Waals surface area contributed by atoms with Gasteiger partial charge >= 0.3 is 0 Å². The van der Waals surface area contributed by atoms with Gasteiger partial charge in [-0.15, -0.1) is 0 Å². The summed E-state index contributed by atoms with van der Waals surface area (Å²) < 4.78 is 6.02. The molecule has 1 aliphatic carbocycles. The Bertz CT molecular complexity index is 959. The Morgan fingerprint density at radius 1 is 1.23 bits per heavy atom. The van der Waals surface area contributed by atoms with E-state index in [1.54, 1.807) is 18.3 Å². The van der Waals surface area contributed by atoms with Crippen LogP contribution in [0.15, 0.2) is 34.0 Å². The summed E-state index contributed by atoms with van der Waals surface area (Å²) in [5.74, 6) is 0.812. The molecule has 0 saturated carbocycles. The molecule has 1 fully saturated rings. The van der Waals surface area contributed by atoms with Crippen LogP contribution in [0.4, 0.5) is 0 Å². The molecule has 2 amide bonds. The Morgan fingerprint density at radius 2 is 2.03 bits per heavy atom. The van der Waals surface area contributed by atoms with Gasteiger partial charge in [0, 0.05) is 56.1 Å². The highest BCUT2D eigenvalue weighted by Crippen LogP contribution is 2.30. The zero-order chi connectivity index (χ0) is 21.1. The quantitative estimate of drug-likeness (QED) is 0.782. The molecule has 1 saturated heterocycles. The minimum atomic E-state index is -0.311. The second-order valence-corrected chi connectivity index (χ2v) is 7.68. The number of likely N-dealkylation sites (N-methyl/N-ethyl adjacent to an activating group) is 1. The van der Waals surface area contributed by atoms with Crippen molar-refractivity contribution >= 4 is 17.5 Å². The molecule has 30 heavy (non-hydrogen) atoms. The lowest BCUT2D eigenvalue weighted by Gasteiger charge is -2.33. The summed E-state index contributed by atoms with van der Waals surface area (Å²) in [5.41, 5.74) is 5.49. The minimum Gasteiger partial charge on any atom is -0.455 e. The lowest BCUT2D eigenvalue weighted by atomic mass is 9.93. The van der Waals surface area contributed by atoms with Crippen LogP contribution in [0.3, 0.4) is 0 Å². The number of nitrogens with one attached hydrogen (secondary N) is 1. The van der Waals surface area contributed by atoms with Gasteiger partial charge in [0.05, 0.1) is 11.3 Å². The Hall–Kier alpha value is -3.00. The predicted molar refractivity (Wildman–Crippen MR) is 113 cm³/mol. The van der Waals surface area contributed by atoms with Gasteiger partial charge in [0.25, 0.3) is 11.8 Å². The lowest BCUT2D eigenvalue weighted by molar-refractivity contribution is 0.0609. The molecule has 0 bridgehead atoms. The number of aryl methyl sites for hydroxylation is 1. The SMILES string of the molecule is CCN1CCN(C(=O)c2oc3c(c2C)/C(=N/NC(=O)c2cccnc2)CCC3)CC1. The highest BCUT2D eigenvalue weighted by Gasteiger charge is 2.31. The molecule has 3 heterocycles. The van der Waals surface area contributed by atoms with Crippen LogP contribution in [-0.4, -0.2) is 65.0 Å². The van der Waals surface area contributed by atoms with Crippen molar-refractivity contribution in [2.24, 2.45) is 5.10 Å². The second kappa shape index (κ2) is 8.79. The Balaban J connectivity index is 1.53. The number of fused-ring (bicyclic) bond motifs is 1. The molecule has 8 nitrogen and oxygen atoms in total. The number of carbonyl (C=O) groups excluding carboxylic acids is 2. The van der Waals surface area contributed by atoms with Gasteiger partial charge in [-0.25, -0.2) is 5.43 Å². The smallest absolute Gasteiger partial charge is 0.289 e. The van der Waals surface area contributed by atoms with Crippen LogP contribution in [-0.2, 0) is 6.42 Å². The first kappa shape index (κ1) is 20.3. The largest absolute Gasteiger partial charge is 0.455 e. The third-order valence-corrected chi connectivity index (χ3v) is 5.84. The number of pyridine rings is 1. The molecule has 0 unspecified atom stereocenters. The van der Waals surface area contributed by atoms with Gasteiger partial charge < -0.3 is 14.2 Å². The summed E-state index contributed by atoms with van der Waals surface area (Å²) in [6, 6.07) is 3.40. The fourth-order valence-corrected chi connectivity index (χ4v) is 4.07.